The molecule has 6 nitrogen and oxygen atoms in total. The van der Waals surface area contributed by atoms with E-state index in [0.29, 0.717) is 22.0 Å². The zero-order chi connectivity index (χ0) is 27.2. The molecule has 7 heteroatoms. The van der Waals surface area contributed by atoms with Crippen molar-refractivity contribution in [2.45, 2.75) is 6.42 Å². The van der Waals surface area contributed by atoms with E-state index >= 15 is 0 Å². The Balaban J connectivity index is 1.30. The summed E-state index contributed by atoms with van der Waals surface area (Å²) in [6.07, 6.45) is 0.868. The SMILES string of the molecule is CN(C(=O)CNCCc1ccccc1)c1ccc(NC(=C2C(=O)Nc3cc(Cl)ccc32)c2ccccc2)cc1. The van der Waals surface area contributed by atoms with Crippen molar-refractivity contribution in [3.63, 3.8) is 0 Å². The molecule has 0 aromatic heterocycles. The van der Waals surface area contributed by atoms with Crippen LogP contribution in [0.15, 0.2) is 103 Å². The van der Waals surface area contributed by atoms with Gasteiger partial charge in [-0.05, 0) is 60.5 Å². The molecule has 3 N–H and O–H groups in total. The van der Waals surface area contributed by atoms with E-state index in [2.05, 4.69) is 28.1 Å². The smallest absolute Gasteiger partial charge is 0.258 e. The maximum Gasteiger partial charge on any atom is 0.258 e. The maximum atomic E-state index is 13.1. The average molecular weight is 537 g/mol. The Morgan fingerprint density at radius 3 is 2.31 bits per heavy atom. The molecule has 4 aromatic carbocycles. The van der Waals surface area contributed by atoms with E-state index in [-0.39, 0.29) is 18.4 Å². The van der Waals surface area contributed by atoms with Crippen LogP contribution < -0.4 is 20.9 Å². The number of halogens is 1. The summed E-state index contributed by atoms with van der Waals surface area (Å²) in [7, 11) is 1.77. The summed E-state index contributed by atoms with van der Waals surface area (Å²) in [4.78, 5) is 27.4. The van der Waals surface area contributed by atoms with Crippen molar-refractivity contribution >= 4 is 51.7 Å². The fourth-order valence-electron chi connectivity index (χ4n) is 4.53. The van der Waals surface area contributed by atoms with Crippen LogP contribution in [0.1, 0.15) is 16.7 Å². The third-order valence-corrected chi connectivity index (χ3v) is 6.88. The number of amides is 2. The zero-order valence-electron chi connectivity index (χ0n) is 21.6. The number of nitrogens with zero attached hydrogens (tertiary/aromatic N) is 1. The topological polar surface area (TPSA) is 73.5 Å². The first-order valence-electron chi connectivity index (χ1n) is 12.8. The van der Waals surface area contributed by atoms with Gasteiger partial charge in [0.2, 0.25) is 5.91 Å². The fraction of sp³-hybridized carbons (Fsp3) is 0.125. The van der Waals surface area contributed by atoms with Gasteiger partial charge in [0, 0.05) is 29.0 Å². The molecule has 0 bridgehead atoms. The van der Waals surface area contributed by atoms with Crippen LogP contribution in [0, 0.1) is 0 Å². The lowest BCUT2D eigenvalue weighted by Gasteiger charge is -2.19. The Hall–Kier alpha value is -4.39. The monoisotopic (exact) mass is 536 g/mol. The molecule has 1 aliphatic heterocycles. The minimum atomic E-state index is -0.194. The number of rotatable bonds is 9. The van der Waals surface area contributed by atoms with Gasteiger partial charge >= 0.3 is 0 Å². The summed E-state index contributed by atoms with van der Waals surface area (Å²) in [5.74, 6) is -0.214. The van der Waals surface area contributed by atoms with Gasteiger partial charge in [-0.1, -0.05) is 78.3 Å². The quantitative estimate of drug-likeness (QED) is 0.179. The second-order valence-electron chi connectivity index (χ2n) is 9.30. The molecule has 39 heavy (non-hydrogen) atoms. The third-order valence-electron chi connectivity index (χ3n) is 6.65. The minimum absolute atomic E-state index is 0.0197. The largest absolute Gasteiger partial charge is 0.354 e. The van der Waals surface area contributed by atoms with Crippen LogP contribution >= 0.6 is 11.6 Å². The van der Waals surface area contributed by atoms with Gasteiger partial charge in [0.05, 0.1) is 23.5 Å². The van der Waals surface area contributed by atoms with Crippen LogP contribution in [0.4, 0.5) is 17.1 Å². The van der Waals surface area contributed by atoms with Crippen LogP contribution in [0.3, 0.4) is 0 Å². The number of fused-ring (bicyclic) bond motifs is 1. The Morgan fingerprint density at radius 1 is 0.897 bits per heavy atom. The molecule has 0 fully saturated rings. The van der Waals surface area contributed by atoms with Crippen LogP contribution in [0.25, 0.3) is 11.3 Å². The van der Waals surface area contributed by atoms with Crippen molar-refractivity contribution in [1.29, 1.82) is 0 Å². The molecule has 1 aliphatic rings. The summed E-state index contributed by atoms with van der Waals surface area (Å²) < 4.78 is 0. The van der Waals surface area contributed by atoms with E-state index in [1.54, 1.807) is 24.1 Å². The van der Waals surface area contributed by atoms with E-state index < -0.39 is 0 Å². The average Bonchev–Trinajstić information content (AvgIpc) is 3.29. The molecule has 2 amide bonds. The second kappa shape index (κ2) is 12.0. The highest BCUT2D eigenvalue weighted by molar-refractivity contribution is 6.38. The van der Waals surface area contributed by atoms with Gasteiger partial charge in [-0.3, -0.25) is 9.59 Å². The molecular weight excluding hydrogens is 508 g/mol. The predicted molar refractivity (Wildman–Crippen MR) is 160 cm³/mol. The number of hydrogen-bond donors (Lipinski definition) is 3. The third kappa shape index (κ3) is 6.20. The highest BCUT2D eigenvalue weighted by Crippen LogP contribution is 2.38. The zero-order valence-corrected chi connectivity index (χ0v) is 22.3. The Morgan fingerprint density at radius 2 is 1.59 bits per heavy atom. The molecule has 0 saturated carbocycles. The Kier molecular flexibility index (Phi) is 8.06. The highest BCUT2D eigenvalue weighted by atomic mass is 35.5. The van der Waals surface area contributed by atoms with Crippen molar-refractivity contribution in [2.75, 3.05) is 35.7 Å². The Bertz CT molecular complexity index is 1500. The molecular formula is C32H29ClN4O2. The lowest BCUT2D eigenvalue weighted by molar-refractivity contribution is -0.117. The summed E-state index contributed by atoms with van der Waals surface area (Å²) in [5.41, 5.74) is 6.40. The van der Waals surface area contributed by atoms with Crippen LogP contribution in [0.5, 0.6) is 0 Å². The van der Waals surface area contributed by atoms with E-state index in [1.165, 1.54) is 5.56 Å². The molecule has 0 radical (unpaired) electrons. The van der Waals surface area contributed by atoms with Gasteiger partial charge in [-0.25, -0.2) is 0 Å². The molecule has 0 aliphatic carbocycles. The van der Waals surface area contributed by atoms with Gasteiger partial charge in [0.25, 0.3) is 5.91 Å². The predicted octanol–water partition coefficient (Wildman–Crippen LogP) is 6.07. The normalized spacial score (nSPS) is 13.4. The minimum Gasteiger partial charge on any atom is -0.354 e. The first kappa shape index (κ1) is 26.2. The lowest BCUT2D eigenvalue weighted by atomic mass is 10.00. The van der Waals surface area contributed by atoms with E-state index in [0.717, 1.165) is 35.5 Å². The van der Waals surface area contributed by atoms with Crippen LogP contribution in [-0.2, 0) is 16.0 Å². The summed E-state index contributed by atoms with van der Waals surface area (Å²) in [6, 6.07) is 32.9. The van der Waals surface area contributed by atoms with E-state index in [9.17, 15) is 9.59 Å². The molecule has 1 heterocycles. The van der Waals surface area contributed by atoms with E-state index in [1.807, 2.05) is 78.9 Å². The number of hydrogen-bond acceptors (Lipinski definition) is 4. The standard InChI is InChI=1S/C32H29ClN4O2/c1-37(29(38)21-34-19-18-22-8-4-2-5-9-22)26-15-13-25(14-16-26)35-31(23-10-6-3-7-11-23)30-27-17-12-24(33)20-28(27)36-32(30)39/h2-17,20,34-35H,18-19,21H2,1H3,(H,36,39). The van der Waals surface area contributed by atoms with Gasteiger partial charge in [0.15, 0.2) is 0 Å². The van der Waals surface area contributed by atoms with Gasteiger partial charge in [0.1, 0.15) is 0 Å². The maximum absolute atomic E-state index is 13.1. The lowest BCUT2D eigenvalue weighted by Crippen LogP contribution is -2.36. The first-order chi connectivity index (χ1) is 19.0. The van der Waals surface area contributed by atoms with Crippen molar-refractivity contribution in [3.05, 3.63) is 125 Å². The molecule has 0 unspecified atom stereocenters. The molecule has 5 rings (SSSR count). The number of benzene rings is 4. The molecule has 0 spiro atoms. The number of anilines is 3. The summed E-state index contributed by atoms with van der Waals surface area (Å²) in [5, 5.41) is 10.2. The number of carbonyl (C=O) groups excluding carboxylic acids is 2. The highest BCUT2D eigenvalue weighted by Gasteiger charge is 2.28. The van der Waals surface area contributed by atoms with Gasteiger partial charge in [-0.2, -0.15) is 0 Å². The van der Waals surface area contributed by atoms with Crippen molar-refractivity contribution in [1.82, 2.24) is 5.32 Å². The summed E-state index contributed by atoms with van der Waals surface area (Å²) in [6.45, 7) is 0.985. The molecule has 0 saturated heterocycles. The molecule has 0 atom stereocenters. The second-order valence-corrected chi connectivity index (χ2v) is 9.73. The number of likely N-dealkylation sites (N-methyl/N-ethyl adjacent to an activating group) is 1. The van der Waals surface area contributed by atoms with Gasteiger partial charge in [-0.15, -0.1) is 0 Å². The van der Waals surface area contributed by atoms with Crippen LogP contribution in [0.2, 0.25) is 5.02 Å². The summed E-state index contributed by atoms with van der Waals surface area (Å²) >= 11 is 6.15. The first-order valence-corrected chi connectivity index (χ1v) is 13.2. The van der Waals surface area contributed by atoms with E-state index in [4.69, 9.17) is 11.6 Å². The number of carbonyl (C=O) groups is 2. The molecule has 4 aromatic rings. The fourth-order valence-corrected chi connectivity index (χ4v) is 4.70. The number of nitrogens with one attached hydrogen (secondary N) is 3. The molecule has 196 valence electrons. The van der Waals surface area contributed by atoms with Crippen LogP contribution in [-0.4, -0.2) is 32.0 Å². The van der Waals surface area contributed by atoms with Gasteiger partial charge < -0.3 is 20.9 Å². The Labute approximate surface area is 233 Å². The van der Waals surface area contributed by atoms with Crippen molar-refractivity contribution in [2.24, 2.45) is 0 Å². The van der Waals surface area contributed by atoms with Crippen molar-refractivity contribution < 1.29 is 9.59 Å². The van der Waals surface area contributed by atoms with Crippen molar-refractivity contribution in [3.8, 4) is 0 Å².